The van der Waals surface area contributed by atoms with E-state index in [0.717, 1.165) is 10.9 Å². The number of likely N-dealkylation sites (tertiary alicyclic amines) is 1. The van der Waals surface area contributed by atoms with Crippen LogP contribution in [0.2, 0.25) is 25.7 Å². The Bertz CT molecular complexity index is 967. The van der Waals surface area contributed by atoms with Crippen molar-refractivity contribution in [2.24, 2.45) is 0 Å². The molecule has 12 heteroatoms. The molecule has 0 aliphatic carbocycles. The minimum absolute atomic E-state index is 0.0355. The maximum atomic E-state index is 13.1. The Hall–Kier alpha value is -2.31. The van der Waals surface area contributed by atoms with Crippen LogP contribution in [0, 0.1) is 10.1 Å². The molecule has 0 aromatic heterocycles. The summed E-state index contributed by atoms with van der Waals surface area (Å²) in [6.45, 7) is 7.35. The standard InChI is InChI=1S/C21H29BrN4O6Si/c1-33(2,3)12-11-32-13-25-18(27)9-7-16(20(25)28)23-21(29)24-10-4-5-14-17(26(30)31)8-6-15(22)19(14)24/h6,8,16H,4-5,7,9-13H2,1-3H3,(H,23,29). The molecule has 1 unspecified atom stereocenters. The molecular weight excluding hydrogens is 512 g/mol. The fourth-order valence-electron chi connectivity index (χ4n) is 3.90. The number of nitrogens with one attached hydrogen (secondary N) is 1. The molecule has 0 spiro atoms. The van der Waals surface area contributed by atoms with Gasteiger partial charge in [-0.3, -0.25) is 29.5 Å². The number of benzene rings is 1. The maximum absolute atomic E-state index is 13.1. The van der Waals surface area contributed by atoms with Crippen molar-refractivity contribution in [1.29, 1.82) is 0 Å². The van der Waals surface area contributed by atoms with Gasteiger partial charge < -0.3 is 10.1 Å². The summed E-state index contributed by atoms with van der Waals surface area (Å²) in [6.07, 6.45) is 1.37. The SMILES string of the molecule is C[Si](C)(C)CCOCN1C(=O)CCC(NC(=O)N2CCCc3c([N+](=O)[O-])ccc(Br)c32)C1=O. The van der Waals surface area contributed by atoms with Crippen molar-refractivity contribution in [2.75, 3.05) is 24.8 Å². The molecule has 2 heterocycles. The van der Waals surface area contributed by atoms with Gasteiger partial charge in [-0.25, -0.2) is 4.79 Å². The molecule has 2 aliphatic rings. The Morgan fingerprint density at radius 1 is 1.30 bits per heavy atom. The second kappa shape index (κ2) is 10.3. The lowest BCUT2D eigenvalue weighted by atomic mass is 10.00. The molecule has 1 aromatic carbocycles. The molecule has 1 atom stereocenters. The highest BCUT2D eigenvalue weighted by atomic mass is 79.9. The summed E-state index contributed by atoms with van der Waals surface area (Å²) in [6, 6.07) is 2.49. The van der Waals surface area contributed by atoms with Gasteiger partial charge in [0.2, 0.25) is 5.91 Å². The zero-order valence-electron chi connectivity index (χ0n) is 19.1. The third-order valence-electron chi connectivity index (χ3n) is 5.76. The lowest BCUT2D eigenvalue weighted by Gasteiger charge is -2.34. The number of rotatable bonds is 7. The summed E-state index contributed by atoms with van der Waals surface area (Å²) in [7, 11) is -1.30. The Labute approximate surface area is 201 Å². The van der Waals surface area contributed by atoms with E-state index in [1.807, 2.05) is 0 Å². The lowest BCUT2D eigenvalue weighted by Crippen LogP contribution is -2.57. The number of anilines is 1. The maximum Gasteiger partial charge on any atom is 0.322 e. The molecule has 180 valence electrons. The Morgan fingerprint density at radius 3 is 2.70 bits per heavy atom. The minimum Gasteiger partial charge on any atom is -0.361 e. The van der Waals surface area contributed by atoms with Crippen molar-refractivity contribution in [1.82, 2.24) is 10.2 Å². The van der Waals surface area contributed by atoms with Crippen molar-refractivity contribution in [3.63, 3.8) is 0 Å². The number of ether oxygens (including phenoxy) is 1. The topological polar surface area (TPSA) is 122 Å². The first-order chi connectivity index (χ1) is 15.5. The number of nitro benzene ring substituents is 1. The largest absolute Gasteiger partial charge is 0.361 e. The van der Waals surface area contributed by atoms with Gasteiger partial charge in [-0.15, -0.1) is 0 Å². The predicted octanol–water partition coefficient (Wildman–Crippen LogP) is 3.65. The van der Waals surface area contributed by atoms with E-state index in [2.05, 4.69) is 40.9 Å². The number of urea groups is 1. The van der Waals surface area contributed by atoms with Gasteiger partial charge in [0.1, 0.15) is 12.8 Å². The number of amides is 4. The molecule has 1 fully saturated rings. The molecule has 0 bridgehead atoms. The van der Waals surface area contributed by atoms with Crippen LogP contribution in [-0.4, -0.2) is 61.7 Å². The van der Waals surface area contributed by atoms with Crippen LogP contribution in [0.3, 0.4) is 0 Å². The van der Waals surface area contributed by atoms with E-state index in [1.165, 1.54) is 11.0 Å². The number of hydrogen-bond acceptors (Lipinski definition) is 6. The monoisotopic (exact) mass is 540 g/mol. The molecular formula is C21H29BrN4O6Si. The smallest absolute Gasteiger partial charge is 0.322 e. The quantitative estimate of drug-likeness (QED) is 0.185. The van der Waals surface area contributed by atoms with Crippen LogP contribution >= 0.6 is 15.9 Å². The summed E-state index contributed by atoms with van der Waals surface area (Å²) in [5, 5.41) is 14.2. The first-order valence-corrected chi connectivity index (χ1v) is 15.5. The number of carbonyl (C=O) groups is 3. The number of nitrogens with zero attached hydrogens (tertiary/aromatic N) is 3. The Morgan fingerprint density at radius 2 is 2.03 bits per heavy atom. The summed E-state index contributed by atoms with van der Waals surface area (Å²) in [4.78, 5) is 51.7. The van der Waals surface area contributed by atoms with E-state index in [0.29, 0.717) is 41.7 Å². The molecule has 1 N–H and O–H groups in total. The highest BCUT2D eigenvalue weighted by molar-refractivity contribution is 9.10. The first-order valence-electron chi connectivity index (χ1n) is 11.0. The van der Waals surface area contributed by atoms with E-state index >= 15 is 0 Å². The van der Waals surface area contributed by atoms with Crippen LogP contribution < -0.4 is 10.2 Å². The zero-order chi connectivity index (χ0) is 24.3. The van der Waals surface area contributed by atoms with Crippen LogP contribution in [-0.2, 0) is 20.7 Å². The van der Waals surface area contributed by atoms with Crippen LogP contribution in [0.15, 0.2) is 16.6 Å². The second-order valence-corrected chi connectivity index (χ2v) is 15.9. The molecule has 33 heavy (non-hydrogen) atoms. The van der Waals surface area contributed by atoms with Gasteiger partial charge in [-0.05, 0) is 47.3 Å². The van der Waals surface area contributed by atoms with E-state index in [4.69, 9.17) is 4.74 Å². The van der Waals surface area contributed by atoms with Gasteiger partial charge in [0.15, 0.2) is 0 Å². The predicted molar refractivity (Wildman–Crippen MR) is 129 cm³/mol. The number of nitro groups is 1. The minimum atomic E-state index is -1.30. The normalized spacial score (nSPS) is 18.8. The van der Waals surface area contributed by atoms with Crippen molar-refractivity contribution in [3.8, 4) is 0 Å². The number of piperidine rings is 1. The fraction of sp³-hybridized carbons (Fsp3) is 0.571. The second-order valence-electron chi connectivity index (χ2n) is 9.45. The van der Waals surface area contributed by atoms with Crippen LogP contribution in [0.1, 0.15) is 24.8 Å². The summed E-state index contributed by atoms with van der Waals surface area (Å²) in [5.74, 6) is -0.817. The summed E-state index contributed by atoms with van der Waals surface area (Å²) >= 11 is 3.40. The van der Waals surface area contributed by atoms with Gasteiger partial charge >= 0.3 is 6.03 Å². The fourth-order valence-corrected chi connectivity index (χ4v) is 5.25. The molecule has 2 aliphatic heterocycles. The third-order valence-corrected chi connectivity index (χ3v) is 8.10. The van der Waals surface area contributed by atoms with E-state index in [1.54, 1.807) is 6.07 Å². The van der Waals surface area contributed by atoms with Crippen molar-refractivity contribution < 1.29 is 24.0 Å². The summed E-state index contributed by atoms with van der Waals surface area (Å²) < 4.78 is 6.15. The van der Waals surface area contributed by atoms with Gasteiger partial charge in [-0.2, -0.15) is 0 Å². The molecule has 0 saturated carbocycles. The average molecular weight is 541 g/mol. The molecule has 10 nitrogen and oxygen atoms in total. The first kappa shape index (κ1) is 25.3. The average Bonchev–Trinajstić information content (AvgIpc) is 2.74. The van der Waals surface area contributed by atoms with Gasteiger partial charge in [0.25, 0.3) is 11.6 Å². The Kier molecular flexibility index (Phi) is 7.91. The van der Waals surface area contributed by atoms with Crippen LogP contribution in [0.4, 0.5) is 16.2 Å². The summed E-state index contributed by atoms with van der Waals surface area (Å²) in [5.41, 5.74) is 0.892. The third kappa shape index (κ3) is 5.98. The van der Waals surface area contributed by atoms with E-state index in [-0.39, 0.29) is 31.2 Å². The van der Waals surface area contributed by atoms with Crippen molar-refractivity contribution in [2.45, 2.75) is 57.4 Å². The number of halogens is 1. The number of carbonyl (C=O) groups excluding carboxylic acids is 3. The van der Waals surface area contributed by atoms with Gasteiger partial charge in [-0.1, -0.05) is 19.6 Å². The lowest BCUT2D eigenvalue weighted by molar-refractivity contribution is -0.385. The van der Waals surface area contributed by atoms with Gasteiger partial charge in [0, 0.05) is 38.2 Å². The van der Waals surface area contributed by atoms with Crippen LogP contribution in [0.5, 0.6) is 0 Å². The highest BCUT2D eigenvalue weighted by Gasteiger charge is 2.37. The van der Waals surface area contributed by atoms with Crippen molar-refractivity contribution >= 4 is 53.2 Å². The molecule has 3 rings (SSSR count). The molecule has 4 amide bonds. The highest BCUT2D eigenvalue weighted by Crippen LogP contribution is 2.40. The molecule has 1 saturated heterocycles. The number of fused-ring (bicyclic) bond motifs is 1. The zero-order valence-corrected chi connectivity index (χ0v) is 21.6. The van der Waals surface area contributed by atoms with Crippen LogP contribution in [0.25, 0.3) is 0 Å². The molecule has 1 aromatic rings. The number of imide groups is 1. The van der Waals surface area contributed by atoms with E-state index in [9.17, 15) is 24.5 Å². The van der Waals surface area contributed by atoms with E-state index < -0.39 is 31.0 Å². The number of hydrogen-bond donors (Lipinski definition) is 1. The molecule has 0 radical (unpaired) electrons. The van der Waals surface area contributed by atoms with Crippen molar-refractivity contribution in [3.05, 3.63) is 32.3 Å². The van der Waals surface area contributed by atoms with Gasteiger partial charge in [0.05, 0.1) is 16.2 Å². The Balaban J connectivity index is 1.70.